The molecule has 1 aliphatic carbocycles. The van der Waals surface area contributed by atoms with Crippen molar-refractivity contribution in [3.63, 3.8) is 0 Å². The molecule has 3 fully saturated rings. The normalized spacial score (nSPS) is 24.4. The van der Waals surface area contributed by atoms with Crippen molar-refractivity contribution in [2.45, 2.75) is 50.3 Å². The van der Waals surface area contributed by atoms with Gasteiger partial charge in [-0.2, -0.15) is 0 Å². The number of carbonyl (C=O) groups is 1. The van der Waals surface area contributed by atoms with Crippen molar-refractivity contribution in [2.75, 3.05) is 32.7 Å². The predicted molar refractivity (Wildman–Crippen MR) is 150 cm³/mol. The monoisotopic (exact) mass is 545 g/mol. The number of amides is 2. The van der Waals surface area contributed by atoms with Gasteiger partial charge in [0, 0.05) is 49.8 Å². The molecule has 2 aromatic carbocycles. The summed E-state index contributed by atoms with van der Waals surface area (Å²) in [4.78, 5) is 35.3. The molecule has 0 bridgehead atoms. The highest BCUT2D eigenvalue weighted by Crippen LogP contribution is 2.51. The Bertz CT molecular complexity index is 1420. The van der Waals surface area contributed by atoms with Crippen molar-refractivity contribution in [3.8, 4) is 11.3 Å². The lowest BCUT2D eigenvalue weighted by atomic mass is 9.66. The van der Waals surface area contributed by atoms with Crippen molar-refractivity contribution in [1.82, 2.24) is 24.7 Å². The molecule has 2 atom stereocenters. The average molecular weight is 546 g/mol. The summed E-state index contributed by atoms with van der Waals surface area (Å²) in [5.41, 5.74) is -0.343. The van der Waals surface area contributed by atoms with Gasteiger partial charge < -0.3 is 20.2 Å². The second-order valence-electron chi connectivity index (χ2n) is 11.5. The summed E-state index contributed by atoms with van der Waals surface area (Å²) in [5, 5.41) is 15.6. The number of hydrogen-bond donors (Lipinski definition) is 2. The van der Waals surface area contributed by atoms with E-state index in [1.54, 1.807) is 18.2 Å². The third-order valence-electron chi connectivity index (χ3n) is 9.24. The SMILES string of the molecule is O=C(N1CCC(O)(Cn2cnc(-c3ccccc3F)cc2=O)C2(CCCC2)C1)N1CCNCC1c1ccccc1. The fourth-order valence-electron chi connectivity index (χ4n) is 6.99. The number of nitrogens with zero attached hydrogens (tertiary/aromatic N) is 4. The van der Waals surface area contributed by atoms with E-state index in [0.29, 0.717) is 32.6 Å². The Hall–Kier alpha value is -3.56. The lowest BCUT2D eigenvalue weighted by Crippen LogP contribution is -2.64. The number of benzene rings is 2. The van der Waals surface area contributed by atoms with Gasteiger partial charge >= 0.3 is 6.03 Å². The van der Waals surface area contributed by atoms with Gasteiger partial charge in [-0.05, 0) is 37.0 Å². The Kier molecular flexibility index (Phi) is 7.18. The minimum absolute atomic E-state index is 0.0109. The molecule has 3 heterocycles. The van der Waals surface area contributed by atoms with Crippen LogP contribution in [0.2, 0.25) is 0 Å². The zero-order chi connectivity index (χ0) is 27.7. The van der Waals surface area contributed by atoms with E-state index in [0.717, 1.165) is 37.8 Å². The third kappa shape index (κ3) is 4.81. The van der Waals surface area contributed by atoms with E-state index in [2.05, 4.69) is 22.4 Å². The highest BCUT2D eigenvalue weighted by molar-refractivity contribution is 5.75. The topological polar surface area (TPSA) is 90.7 Å². The molecule has 2 aliphatic heterocycles. The minimum atomic E-state index is -1.16. The summed E-state index contributed by atoms with van der Waals surface area (Å²) in [5.74, 6) is -0.438. The number of nitrogens with one attached hydrogen (secondary N) is 1. The van der Waals surface area contributed by atoms with E-state index in [-0.39, 0.29) is 35.4 Å². The molecule has 2 amide bonds. The molecule has 1 saturated carbocycles. The molecule has 2 unspecified atom stereocenters. The van der Waals surface area contributed by atoms with Crippen LogP contribution in [0.25, 0.3) is 11.3 Å². The van der Waals surface area contributed by atoms with Crippen molar-refractivity contribution < 1.29 is 14.3 Å². The van der Waals surface area contributed by atoms with E-state index < -0.39 is 16.8 Å². The number of likely N-dealkylation sites (tertiary alicyclic amines) is 1. The van der Waals surface area contributed by atoms with Crippen LogP contribution in [-0.4, -0.2) is 68.8 Å². The second-order valence-corrected chi connectivity index (χ2v) is 11.5. The molecular formula is C31H36FN5O3. The molecule has 40 heavy (non-hydrogen) atoms. The Morgan fingerprint density at radius 1 is 1.05 bits per heavy atom. The first kappa shape index (κ1) is 26.7. The van der Waals surface area contributed by atoms with Gasteiger partial charge in [-0.15, -0.1) is 0 Å². The zero-order valence-corrected chi connectivity index (χ0v) is 22.6. The van der Waals surface area contributed by atoms with Crippen LogP contribution < -0.4 is 10.9 Å². The summed E-state index contributed by atoms with van der Waals surface area (Å²) in [6, 6.07) is 17.6. The van der Waals surface area contributed by atoms with Crippen molar-refractivity contribution in [3.05, 3.63) is 88.7 Å². The lowest BCUT2D eigenvalue weighted by molar-refractivity contribution is -0.137. The number of piperazine rings is 1. The summed E-state index contributed by atoms with van der Waals surface area (Å²) < 4.78 is 15.7. The quantitative estimate of drug-likeness (QED) is 0.521. The second kappa shape index (κ2) is 10.8. The lowest BCUT2D eigenvalue weighted by Gasteiger charge is -2.53. The molecule has 3 aliphatic rings. The smallest absolute Gasteiger partial charge is 0.320 e. The Labute approximate surface area is 233 Å². The summed E-state index contributed by atoms with van der Waals surface area (Å²) in [6.45, 7) is 3.05. The number of hydrogen-bond acceptors (Lipinski definition) is 5. The number of aromatic nitrogens is 2. The predicted octanol–water partition coefficient (Wildman–Crippen LogP) is 3.81. The molecule has 8 nitrogen and oxygen atoms in total. The van der Waals surface area contributed by atoms with Crippen LogP contribution in [0.1, 0.15) is 43.7 Å². The average Bonchev–Trinajstić information content (AvgIpc) is 3.46. The van der Waals surface area contributed by atoms with Crippen molar-refractivity contribution in [2.24, 2.45) is 5.41 Å². The van der Waals surface area contributed by atoms with Gasteiger partial charge in [-0.1, -0.05) is 55.3 Å². The highest BCUT2D eigenvalue weighted by Gasteiger charge is 2.56. The number of carbonyl (C=O) groups excluding carboxylic acids is 1. The fourth-order valence-corrected chi connectivity index (χ4v) is 6.99. The molecule has 0 radical (unpaired) electrons. The van der Waals surface area contributed by atoms with E-state index in [4.69, 9.17) is 0 Å². The first-order chi connectivity index (χ1) is 19.4. The Morgan fingerprint density at radius 3 is 2.55 bits per heavy atom. The molecule has 1 spiro atoms. The third-order valence-corrected chi connectivity index (χ3v) is 9.24. The van der Waals surface area contributed by atoms with Crippen LogP contribution in [0.4, 0.5) is 9.18 Å². The standard InChI is InChI=1S/C31H36FN5O3/c32-25-11-5-4-10-24(25)26-18-28(38)36(22-34-26)21-31(40)14-16-35(20-30(31)12-6-7-13-30)29(39)37-17-15-33-19-27(37)23-8-2-1-3-9-23/h1-5,8-11,18,22,27,33,40H,6-7,12-17,19-21H2. The van der Waals surface area contributed by atoms with Crippen LogP contribution in [0, 0.1) is 11.2 Å². The number of rotatable bonds is 4. The van der Waals surface area contributed by atoms with Crippen LogP contribution in [0.5, 0.6) is 0 Å². The van der Waals surface area contributed by atoms with E-state index >= 15 is 0 Å². The molecule has 9 heteroatoms. The largest absolute Gasteiger partial charge is 0.387 e. The van der Waals surface area contributed by atoms with Gasteiger partial charge in [-0.25, -0.2) is 14.2 Å². The van der Waals surface area contributed by atoms with Crippen LogP contribution in [-0.2, 0) is 6.54 Å². The van der Waals surface area contributed by atoms with Gasteiger partial charge in [-0.3, -0.25) is 9.36 Å². The van der Waals surface area contributed by atoms with Gasteiger partial charge in [0.1, 0.15) is 5.82 Å². The maximum atomic E-state index is 14.3. The molecule has 1 aromatic heterocycles. The summed E-state index contributed by atoms with van der Waals surface area (Å²) in [6.07, 6.45) is 5.34. The minimum Gasteiger partial charge on any atom is -0.387 e. The summed E-state index contributed by atoms with van der Waals surface area (Å²) >= 11 is 0. The van der Waals surface area contributed by atoms with Crippen LogP contribution >= 0.6 is 0 Å². The van der Waals surface area contributed by atoms with Gasteiger partial charge in [0.2, 0.25) is 0 Å². The van der Waals surface area contributed by atoms with Gasteiger partial charge in [0.15, 0.2) is 0 Å². The highest BCUT2D eigenvalue weighted by atomic mass is 19.1. The Morgan fingerprint density at radius 2 is 1.80 bits per heavy atom. The van der Waals surface area contributed by atoms with Crippen LogP contribution in [0.3, 0.4) is 0 Å². The number of urea groups is 1. The maximum absolute atomic E-state index is 14.3. The Balaban J connectivity index is 1.23. The molecule has 3 aromatic rings. The molecule has 2 saturated heterocycles. The number of halogens is 1. The molecular weight excluding hydrogens is 509 g/mol. The van der Waals surface area contributed by atoms with E-state index in [1.165, 1.54) is 23.0 Å². The maximum Gasteiger partial charge on any atom is 0.320 e. The van der Waals surface area contributed by atoms with Crippen molar-refractivity contribution in [1.29, 1.82) is 0 Å². The van der Waals surface area contributed by atoms with E-state index in [1.807, 2.05) is 28.0 Å². The first-order valence-electron chi connectivity index (χ1n) is 14.2. The number of aliphatic hydroxyl groups is 1. The van der Waals surface area contributed by atoms with Crippen molar-refractivity contribution >= 4 is 6.03 Å². The zero-order valence-electron chi connectivity index (χ0n) is 22.6. The fraction of sp³-hybridized carbons (Fsp3) is 0.452. The molecule has 210 valence electrons. The molecule has 2 N–H and O–H groups in total. The number of piperidine rings is 1. The van der Waals surface area contributed by atoms with E-state index in [9.17, 15) is 19.1 Å². The first-order valence-corrected chi connectivity index (χ1v) is 14.2. The van der Waals surface area contributed by atoms with Gasteiger partial charge in [0.05, 0.1) is 30.2 Å². The summed E-state index contributed by atoms with van der Waals surface area (Å²) in [7, 11) is 0. The van der Waals surface area contributed by atoms with Gasteiger partial charge in [0.25, 0.3) is 5.56 Å². The molecule has 6 rings (SSSR count). The van der Waals surface area contributed by atoms with Crippen LogP contribution in [0.15, 0.2) is 71.8 Å².